The van der Waals surface area contributed by atoms with E-state index in [0.717, 1.165) is 12.8 Å². The second-order valence-electron chi connectivity index (χ2n) is 9.31. The third-order valence-corrected chi connectivity index (χ3v) is 5.62. The van der Waals surface area contributed by atoms with Gasteiger partial charge in [0.2, 0.25) is 0 Å². The molecule has 0 bridgehead atoms. The SMILES string of the molecule is C1CCOCCOCCOCCOCCOCCOCCOOCCOCCOCCOCCOCCOCCOCCOC1. The first kappa shape index (κ1) is 42.4. The Morgan fingerprint density at radius 2 is 0.267 bits per heavy atom. The zero-order valence-electron chi connectivity index (χ0n) is 27.3. The van der Waals surface area contributed by atoms with Gasteiger partial charge in [0, 0.05) is 13.2 Å². The molecule has 45 heavy (non-hydrogen) atoms. The van der Waals surface area contributed by atoms with E-state index in [1.807, 2.05) is 0 Å². The molecule has 0 N–H and O–H groups in total. The predicted octanol–water partition coefficient (Wildman–Crippen LogP) is 0.944. The van der Waals surface area contributed by atoms with Crippen LogP contribution < -0.4 is 0 Å². The number of hydrogen-bond acceptors (Lipinski definition) is 15. The third-order valence-electron chi connectivity index (χ3n) is 5.62. The van der Waals surface area contributed by atoms with Crippen molar-refractivity contribution in [1.29, 1.82) is 0 Å². The lowest BCUT2D eigenvalue weighted by Crippen LogP contribution is -2.15. The minimum absolute atomic E-state index is 0.328. The molecular formula is C30H60O15. The van der Waals surface area contributed by atoms with Crippen LogP contribution in [0.25, 0.3) is 0 Å². The van der Waals surface area contributed by atoms with Crippen LogP contribution in [-0.4, -0.2) is 185 Å². The fraction of sp³-hybridized carbons (Fsp3) is 1.00. The first-order valence-corrected chi connectivity index (χ1v) is 16.2. The van der Waals surface area contributed by atoms with Crippen molar-refractivity contribution in [1.82, 2.24) is 0 Å². The molecule has 0 atom stereocenters. The standard InChI is InChI=1S/C30H60O15/c1-2-4-32-6-8-34-10-12-36-14-16-38-19-21-40-23-25-42-27-29-44-45-30-28-43-26-24-41-22-20-39-18-17-37-15-13-35-11-9-33-7-5-31-3-1/h1-30H2. The van der Waals surface area contributed by atoms with Gasteiger partial charge in [-0.2, -0.15) is 0 Å². The maximum absolute atomic E-state index is 5.58. The van der Waals surface area contributed by atoms with Crippen molar-refractivity contribution >= 4 is 0 Å². The van der Waals surface area contributed by atoms with Gasteiger partial charge < -0.3 is 61.6 Å². The number of hydrogen-bond donors (Lipinski definition) is 0. The van der Waals surface area contributed by atoms with Crippen LogP contribution in [0.15, 0.2) is 0 Å². The van der Waals surface area contributed by atoms with E-state index in [2.05, 4.69) is 0 Å². The molecule has 15 nitrogen and oxygen atoms in total. The largest absolute Gasteiger partial charge is 0.379 e. The van der Waals surface area contributed by atoms with E-state index >= 15 is 0 Å². The third kappa shape index (κ3) is 37.7. The second kappa shape index (κ2) is 39.6. The van der Waals surface area contributed by atoms with Crippen LogP contribution in [0, 0.1) is 0 Å². The van der Waals surface area contributed by atoms with E-state index < -0.39 is 0 Å². The summed E-state index contributed by atoms with van der Waals surface area (Å²) in [5.74, 6) is 0. The summed E-state index contributed by atoms with van der Waals surface area (Å²) < 4.78 is 71.3. The van der Waals surface area contributed by atoms with Crippen LogP contribution in [0.3, 0.4) is 0 Å². The van der Waals surface area contributed by atoms with Gasteiger partial charge in [0.1, 0.15) is 13.2 Å². The van der Waals surface area contributed by atoms with Gasteiger partial charge in [-0.05, 0) is 12.8 Å². The van der Waals surface area contributed by atoms with Crippen molar-refractivity contribution in [2.75, 3.05) is 185 Å². The zero-order valence-corrected chi connectivity index (χ0v) is 27.3. The van der Waals surface area contributed by atoms with Gasteiger partial charge in [-0.25, -0.2) is 9.78 Å². The van der Waals surface area contributed by atoms with Crippen molar-refractivity contribution in [3.05, 3.63) is 0 Å². The molecule has 0 spiro atoms. The van der Waals surface area contributed by atoms with Crippen molar-refractivity contribution in [2.45, 2.75) is 12.8 Å². The average molecular weight is 661 g/mol. The van der Waals surface area contributed by atoms with Crippen molar-refractivity contribution < 1.29 is 71.4 Å². The molecule has 0 aromatic rings. The van der Waals surface area contributed by atoms with Crippen LogP contribution in [0.1, 0.15) is 12.8 Å². The molecule has 15 heteroatoms. The normalized spacial score (nSPS) is 24.0. The van der Waals surface area contributed by atoms with Gasteiger partial charge >= 0.3 is 0 Å². The predicted molar refractivity (Wildman–Crippen MR) is 162 cm³/mol. The summed E-state index contributed by atoms with van der Waals surface area (Å²) >= 11 is 0. The summed E-state index contributed by atoms with van der Waals surface area (Å²) in [6, 6.07) is 0. The number of rotatable bonds is 0. The molecule has 0 saturated carbocycles. The maximum Gasteiger partial charge on any atom is 0.106 e. The van der Waals surface area contributed by atoms with Crippen LogP contribution in [0.5, 0.6) is 0 Å². The molecule has 1 aliphatic heterocycles. The molecule has 0 aromatic heterocycles. The van der Waals surface area contributed by atoms with Gasteiger partial charge in [0.25, 0.3) is 0 Å². The zero-order chi connectivity index (χ0) is 31.8. The molecule has 0 radical (unpaired) electrons. The highest BCUT2D eigenvalue weighted by Gasteiger charge is 1.98. The van der Waals surface area contributed by atoms with E-state index in [1.54, 1.807) is 0 Å². The Kier molecular flexibility index (Phi) is 37.3. The molecule has 1 saturated heterocycles. The van der Waals surface area contributed by atoms with E-state index in [0.29, 0.717) is 185 Å². The molecule has 1 rings (SSSR count). The van der Waals surface area contributed by atoms with Crippen LogP contribution in [0.4, 0.5) is 0 Å². The van der Waals surface area contributed by atoms with E-state index in [1.165, 1.54) is 0 Å². The van der Waals surface area contributed by atoms with Gasteiger partial charge in [-0.15, -0.1) is 0 Å². The van der Waals surface area contributed by atoms with Crippen molar-refractivity contribution in [3.63, 3.8) is 0 Å². The summed E-state index contributed by atoms with van der Waals surface area (Å²) in [5, 5.41) is 0. The molecular weight excluding hydrogens is 600 g/mol. The van der Waals surface area contributed by atoms with Gasteiger partial charge in [-0.1, -0.05) is 0 Å². The molecule has 1 fully saturated rings. The Bertz CT molecular complexity index is 288. The molecule has 0 aromatic carbocycles. The minimum atomic E-state index is 0.328. The molecule has 1 heterocycles. The van der Waals surface area contributed by atoms with Crippen LogP contribution >= 0.6 is 0 Å². The summed E-state index contributed by atoms with van der Waals surface area (Å²) in [4.78, 5) is 10.1. The lowest BCUT2D eigenvalue weighted by atomic mass is 10.3. The van der Waals surface area contributed by atoms with E-state index in [4.69, 9.17) is 71.4 Å². The van der Waals surface area contributed by atoms with Crippen LogP contribution in [-0.2, 0) is 71.4 Å². The Morgan fingerprint density at radius 3 is 0.444 bits per heavy atom. The fourth-order valence-electron chi connectivity index (χ4n) is 3.34. The van der Waals surface area contributed by atoms with Crippen LogP contribution in [0.2, 0.25) is 0 Å². The highest BCUT2D eigenvalue weighted by molar-refractivity contribution is 4.41. The molecule has 0 unspecified atom stereocenters. The molecule has 0 aliphatic carbocycles. The van der Waals surface area contributed by atoms with Gasteiger partial charge in [0.05, 0.1) is 159 Å². The summed E-state index contributed by atoms with van der Waals surface area (Å²) in [6.07, 6.45) is 1.89. The number of ether oxygens (including phenoxy) is 13. The lowest BCUT2D eigenvalue weighted by Gasteiger charge is -2.09. The van der Waals surface area contributed by atoms with E-state index in [9.17, 15) is 0 Å². The Balaban J connectivity index is 2.00. The van der Waals surface area contributed by atoms with Gasteiger partial charge in [-0.3, -0.25) is 0 Å². The molecule has 0 amide bonds. The maximum atomic E-state index is 5.58. The quantitative estimate of drug-likeness (QED) is 0.341. The topological polar surface area (TPSA) is 138 Å². The lowest BCUT2D eigenvalue weighted by molar-refractivity contribution is -0.303. The Labute approximate surface area is 269 Å². The molecule has 270 valence electrons. The smallest absolute Gasteiger partial charge is 0.106 e. The van der Waals surface area contributed by atoms with E-state index in [-0.39, 0.29) is 0 Å². The first-order chi connectivity index (χ1) is 22.5. The monoisotopic (exact) mass is 660 g/mol. The summed E-state index contributed by atoms with van der Waals surface area (Å²) in [7, 11) is 0. The minimum Gasteiger partial charge on any atom is -0.379 e. The average Bonchev–Trinajstić information content (AvgIpc) is 3.05. The highest BCUT2D eigenvalue weighted by atomic mass is 17.2. The Morgan fingerprint density at radius 1 is 0.133 bits per heavy atom. The fourth-order valence-corrected chi connectivity index (χ4v) is 3.34. The second-order valence-corrected chi connectivity index (χ2v) is 9.31. The van der Waals surface area contributed by atoms with Crippen molar-refractivity contribution in [2.24, 2.45) is 0 Å². The highest BCUT2D eigenvalue weighted by Crippen LogP contribution is 1.93. The first-order valence-electron chi connectivity index (χ1n) is 16.2. The van der Waals surface area contributed by atoms with Gasteiger partial charge in [0.15, 0.2) is 0 Å². The summed E-state index contributed by atoms with van der Waals surface area (Å²) in [6.45, 7) is 14.2. The van der Waals surface area contributed by atoms with Crippen molar-refractivity contribution in [3.8, 4) is 0 Å². The molecule has 1 aliphatic rings. The Hall–Kier alpha value is -0.600. The summed E-state index contributed by atoms with van der Waals surface area (Å²) in [5.41, 5.74) is 0.